The van der Waals surface area contributed by atoms with Crippen LogP contribution in [0.2, 0.25) is 0 Å². The van der Waals surface area contributed by atoms with Crippen molar-refractivity contribution in [3.8, 4) is 0 Å². The van der Waals surface area contributed by atoms with Gasteiger partial charge < -0.3 is 10.1 Å². The average Bonchev–Trinajstić information content (AvgIpc) is 2.96. The molecule has 4 heteroatoms. The average molecular weight is 318 g/mol. The summed E-state index contributed by atoms with van der Waals surface area (Å²) in [4.78, 5) is 1.45. The van der Waals surface area contributed by atoms with Crippen LogP contribution in [0.3, 0.4) is 0 Å². The summed E-state index contributed by atoms with van der Waals surface area (Å²) in [6.07, 6.45) is 6.53. The summed E-state index contributed by atoms with van der Waals surface area (Å²) >= 11 is 5.34. The van der Waals surface area contributed by atoms with Gasteiger partial charge in [-0.1, -0.05) is 0 Å². The molecule has 0 aromatic carbocycles. The van der Waals surface area contributed by atoms with E-state index in [9.17, 15) is 0 Å². The lowest BCUT2D eigenvalue weighted by molar-refractivity contribution is 0.0998. The van der Waals surface area contributed by atoms with Crippen molar-refractivity contribution in [2.45, 2.75) is 44.2 Å². The Morgan fingerprint density at radius 1 is 1.65 bits per heavy atom. The monoisotopic (exact) mass is 317 g/mol. The molecule has 1 aliphatic heterocycles. The molecule has 0 saturated carbocycles. The lowest BCUT2D eigenvalue weighted by Gasteiger charge is -2.17. The van der Waals surface area contributed by atoms with E-state index in [1.165, 1.54) is 35.0 Å². The highest BCUT2D eigenvalue weighted by Gasteiger charge is 2.17. The van der Waals surface area contributed by atoms with Gasteiger partial charge in [0.15, 0.2) is 0 Å². The van der Waals surface area contributed by atoms with Gasteiger partial charge in [0.25, 0.3) is 0 Å². The molecule has 0 spiro atoms. The minimum atomic E-state index is 0.515. The largest absolute Gasteiger partial charge is 0.378 e. The molecule has 0 aliphatic carbocycles. The molecular weight excluding hydrogens is 298 g/mol. The van der Waals surface area contributed by atoms with E-state index in [0.717, 1.165) is 13.0 Å². The Kier molecular flexibility index (Phi) is 5.48. The molecule has 1 fully saturated rings. The maximum absolute atomic E-state index is 5.67. The number of nitrogens with one attached hydrogen (secondary N) is 1. The molecule has 1 N–H and O–H groups in total. The van der Waals surface area contributed by atoms with Crippen LogP contribution in [-0.2, 0) is 11.2 Å². The van der Waals surface area contributed by atoms with Gasteiger partial charge in [0, 0.05) is 27.4 Å². The molecule has 96 valence electrons. The molecule has 2 nitrogen and oxygen atoms in total. The lowest BCUT2D eigenvalue weighted by atomic mass is 10.0. The summed E-state index contributed by atoms with van der Waals surface area (Å²) in [5.41, 5.74) is 0. The zero-order valence-corrected chi connectivity index (χ0v) is 12.6. The zero-order chi connectivity index (χ0) is 12.1. The van der Waals surface area contributed by atoms with Gasteiger partial charge in [-0.3, -0.25) is 0 Å². The van der Waals surface area contributed by atoms with Gasteiger partial charge in [-0.25, -0.2) is 0 Å². The van der Waals surface area contributed by atoms with Crippen molar-refractivity contribution < 1.29 is 4.74 Å². The second kappa shape index (κ2) is 6.88. The minimum Gasteiger partial charge on any atom is -0.378 e. The van der Waals surface area contributed by atoms with Crippen LogP contribution in [0.1, 0.15) is 30.6 Å². The smallest absolute Gasteiger partial charge is 0.0576 e. The Balaban J connectivity index is 1.75. The first kappa shape index (κ1) is 13.5. The first-order valence-corrected chi connectivity index (χ1v) is 7.97. The van der Waals surface area contributed by atoms with Gasteiger partial charge in [0.2, 0.25) is 0 Å². The van der Waals surface area contributed by atoms with Crippen molar-refractivity contribution in [3.05, 3.63) is 20.8 Å². The van der Waals surface area contributed by atoms with Crippen molar-refractivity contribution in [2.75, 3.05) is 13.7 Å². The van der Waals surface area contributed by atoms with Gasteiger partial charge in [0.05, 0.1) is 6.10 Å². The number of ether oxygens (including phenoxy) is 1. The predicted molar refractivity (Wildman–Crippen MR) is 76.8 cm³/mol. The number of halogens is 1. The van der Waals surface area contributed by atoms with E-state index < -0.39 is 0 Å². The highest BCUT2D eigenvalue weighted by molar-refractivity contribution is 9.10. The summed E-state index contributed by atoms with van der Waals surface area (Å²) in [6.45, 7) is 0.965. The molecule has 0 amide bonds. The fourth-order valence-electron chi connectivity index (χ4n) is 2.31. The molecule has 1 aromatic heterocycles. The van der Waals surface area contributed by atoms with Gasteiger partial charge in [-0.05, 0) is 61.1 Å². The van der Waals surface area contributed by atoms with Crippen molar-refractivity contribution >= 4 is 27.3 Å². The van der Waals surface area contributed by atoms with Crippen LogP contribution in [-0.4, -0.2) is 25.8 Å². The third-order valence-electron chi connectivity index (χ3n) is 3.34. The first-order chi connectivity index (χ1) is 8.28. The minimum absolute atomic E-state index is 0.515. The first-order valence-electron chi connectivity index (χ1n) is 6.29. The van der Waals surface area contributed by atoms with E-state index in [1.54, 1.807) is 0 Å². The molecule has 17 heavy (non-hydrogen) atoms. The summed E-state index contributed by atoms with van der Waals surface area (Å²) in [5, 5.41) is 5.57. The normalized spacial score (nSPS) is 21.9. The maximum atomic E-state index is 5.67. The van der Waals surface area contributed by atoms with Crippen molar-refractivity contribution in [1.82, 2.24) is 5.32 Å². The lowest BCUT2D eigenvalue weighted by Crippen LogP contribution is -2.28. The predicted octanol–water partition coefficient (Wildman–Crippen LogP) is 3.60. The summed E-state index contributed by atoms with van der Waals surface area (Å²) in [7, 11) is 2.06. The van der Waals surface area contributed by atoms with E-state index in [2.05, 4.69) is 39.7 Å². The van der Waals surface area contributed by atoms with Crippen molar-refractivity contribution in [3.63, 3.8) is 0 Å². The molecule has 0 bridgehead atoms. The Morgan fingerprint density at radius 3 is 3.12 bits per heavy atom. The Labute approximate surface area is 116 Å². The van der Waals surface area contributed by atoms with E-state index in [-0.39, 0.29) is 0 Å². The van der Waals surface area contributed by atoms with Gasteiger partial charge >= 0.3 is 0 Å². The van der Waals surface area contributed by atoms with E-state index in [1.807, 2.05) is 11.3 Å². The number of rotatable bonds is 6. The SMILES string of the molecule is CNC(CCC1CCCO1)Cc1cc(Br)cs1. The fourth-order valence-corrected chi connectivity index (χ4v) is 3.84. The van der Waals surface area contributed by atoms with E-state index in [0.29, 0.717) is 12.1 Å². The second-order valence-electron chi connectivity index (χ2n) is 4.63. The topological polar surface area (TPSA) is 21.3 Å². The second-order valence-corrected chi connectivity index (χ2v) is 6.54. The standard InChI is InChI=1S/C13H20BrNOS/c1-15-11(4-5-12-3-2-6-16-12)8-13-7-10(14)9-17-13/h7,9,11-12,15H,2-6,8H2,1H3. The number of likely N-dealkylation sites (N-methyl/N-ethyl adjacent to an activating group) is 1. The molecule has 1 aromatic rings. The molecule has 2 heterocycles. The van der Waals surface area contributed by atoms with E-state index >= 15 is 0 Å². The van der Waals surface area contributed by atoms with Crippen LogP contribution in [0, 0.1) is 0 Å². The van der Waals surface area contributed by atoms with Gasteiger partial charge in [-0.15, -0.1) is 11.3 Å². The van der Waals surface area contributed by atoms with Gasteiger partial charge in [-0.2, -0.15) is 0 Å². The Morgan fingerprint density at radius 2 is 2.53 bits per heavy atom. The van der Waals surface area contributed by atoms with Crippen LogP contribution < -0.4 is 5.32 Å². The van der Waals surface area contributed by atoms with Crippen LogP contribution in [0.15, 0.2) is 15.9 Å². The van der Waals surface area contributed by atoms with Crippen LogP contribution in [0.25, 0.3) is 0 Å². The molecule has 0 radical (unpaired) electrons. The molecular formula is C13H20BrNOS. The quantitative estimate of drug-likeness (QED) is 0.865. The highest BCUT2D eigenvalue weighted by atomic mass is 79.9. The Bertz CT molecular complexity index is 336. The molecule has 2 rings (SSSR count). The van der Waals surface area contributed by atoms with E-state index in [4.69, 9.17) is 4.74 Å². The number of hydrogen-bond donors (Lipinski definition) is 1. The fraction of sp³-hybridized carbons (Fsp3) is 0.692. The highest BCUT2D eigenvalue weighted by Crippen LogP contribution is 2.23. The number of hydrogen-bond acceptors (Lipinski definition) is 3. The Hall–Kier alpha value is 0.1000. The molecule has 1 aliphatic rings. The van der Waals surface area contributed by atoms with Gasteiger partial charge in [0.1, 0.15) is 0 Å². The summed E-state index contributed by atoms with van der Waals surface area (Å²) in [6, 6.07) is 2.80. The molecule has 2 unspecified atom stereocenters. The molecule has 2 atom stereocenters. The van der Waals surface area contributed by atoms with Crippen LogP contribution >= 0.6 is 27.3 Å². The summed E-state index contributed by atoms with van der Waals surface area (Å²) in [5.74, 6) is 0. The third-order valence-corrected chi connectivity index (χ3v) is 5.06. The zero-order valence-electron chi connectivity index (χ0n) is 10.2. The third kappa shape index (κ3) is 4.36. The van der Waals surface area contributed by atoms with Crippen LogP contribution in [0.5, 0.6) is 0 Å². The molecule has 1 saturated heterocycles. The van der Waals surface area contributed by atoms with Crippen LogP contribution in [0.4, 0.5) is 0 Å². The van der Waals surface area contributed by atoms with Crippen molar-refractivity contribution in [2.24, 2.45) is 0 Å². The summed E-state index contributed by atoms with van der Waals surface area (Å²) < 4.78 is 6.87. The number of thiophene rings is 1. The van der Waals surface area contributed by atoms with Crippen molar-refractivity contribution in [1.29, 1.82) is 0 Å². The maximum Gasteiger partial charge on any atom is 0.0576 e.